The van der Waals surface area contributed by atoms with Gasteiger partial charge in [0.05, 0.1) is 32.2 Å². The number of aryl methyl sites for hydroxylation is 1. The summed E-state index contributed by atoms with van der Waals surface area (Å²) in [4.78, 5) is 13.6. The Kier molecular flexibility index (Phi) is 4.74. The summed E-state index contributed by atoms with van der Waals surface area (Å²) in [5, 5.41) is 4.08. The average Bonchev–Trinajstić information content (AvgIpc) is 3.38. The molecule has 1 aromatic heterocycles. The number of ether oxygens (including phenoxy) is 5. The van der Waals surface area contributed by atoms with E-state index in [1.54, 1.807) is 32.9 Å². The molecule has 0 saturated carbocycles. The van der Waals surface area contributed by atoms with Crippen LogP contribution in [0.2, 0.25) is 0 Å². The topological polar surface area (TPSA) is 68.2 Å². The van der Waals surface area contributed by atoms with Crippen molar-refractivity contribution in [3.8, 4) is 39.9 Å². The lowest BCUT2D eigenvalue weighted by Gasteiger charge is -2.19. The molecule has 0 aliphatic carbocycles. The number of aromatic nitrogens is 1. The van der Waals surface area contributed by atoms with Crippen molar-refractivity contribution in [2.45, 2.75) is 0 Å². The highest BCUT2D eigenvalue weighted by Gasteiger charge is 2.24. The number of hydrogen-bond donors (Lipinski definition) is 0. The first-order chi connectivity index (χ1) is 17.1. The van der Waals surface area contributed by atoms with E-state index < -0.39 is 0 Å². The highest BCUT2D eigenvalue weighted by molar-refractivity contribution is 6.19. The molecular weight excluding hydrogens is 446 g/mol. The third-order valence-corrected chi connectivity index (χ3v) is 6.70. The summed E-state index contributed by atoms with van der Waals surface area (Å²) in [5.41, 5.74) is 2.47. The van der Waals surface area contributed by atoms with Crippen molar-refractivity contribution < 1.29 is 23.7 Å². The van der Waals surface area contributed by atoms with Crippen molar-refractivity contribution in [2.24, 2.45) is 7.05 Å². The second-order valence-corrected chi connectivity index (χ2v) is 8.36. The van der Waals surface area contributed by atoms with E-state index in [0.29, 0.717) is 28.4 Å². The van der Waals surface area contributed by atoms with E-state index in [9.17, 15) is 4.79 Å². The van der Waals surface area contributed by atoms with Crippen molar-refractivity contribution in [1.29, 1.82) is 0 Å². The van der Waals surface area contributed by atoms with Gasteiger partial charge in [-0.05, 0) is 41.3 Å². The molecule has 6 rings (SSSR count). The number of benzene rings is 4. The van der Waals surface area contributed by atoms with Crippen LogP contribution in [0.1, 0.15) is 0 Å². The van der Waals surface area contributed by atoms with Crippen molar-refractivity contribution >= 4 is 32.4 Å². The van der Waals surface area contributed by atoms with Crippen molar-refractivity contribution in [1.82, 2.24) is 4.57 Å². The number of pyridine rings is 1. The summed E-state index contributed by atoms with van der Waals surface area (Å²) in [7, 11) is 6.66. The Labute approximate surface area is 201 Å². The summed E-state index contributed by atoms with van der Waals surface area (Å²) in [5.74, 6) is 3.05. The number of fused-ring (bicyclic) bond motifs is 7. The zero-order valence-electron chi connectivity index (χ0n) is 19.8. The first-order valence-corrected chi connectivity index (χ1v) is 11.1. The highest BCUT2D eigenvalue weighted by Crippen LogP contribution is 2.47. The second kappa shape index (κ2) is 7.84. The number of methoxy groups -OCH3 is 3. The van der Waals surface area contributed by atoms with Crippen LogP contribution in [0.15, 0.2) is 59.4 Å². The van der Waals surface area contributed by atoms with Gasteiger partial charge in [-0.25, -0.2) is 0 Å². The van der Waals surface area contributed by atoms with E-state index in [-0.39, 0.29) is 12.4 Å². The molecule has 0 amide bonds. The molecule has 0 bridgehead atoms. The predicted octanol–water partition coefficient (Wildman–Crippen LogP) is 5.27. The summed E-state index contributed by atoms with van der Waals surface area (Å²) in [6.07, 6.45) is 0. The summed E-state index contributed by atoms with van der Waals surface area (Å²) < 4.78 is 29.8. The number of nitrogens with zero attached hydrogens (tertiary/aromatic N) is 1. The third kappa shape index (κ3) is 2.94. The standard InChI is InChI=1S/C28H23NO6/c1-29-25-19(17-11-12-21-27(35-14-34-21)24(17)28(29)30)10-9-18-20(25)13-22(32-3)26(33-4)23(18)15-5-7-16(31-2)8-6-15/h5-13H,14H2,1-4H3. The van der Waals surface area contributed by atoms with Crippen LogP contribution in [-0.4, -0.2) is 32.7 Å². The highest BCUT2D eigenvalue weighted by atomic mass is 16.7. The lowest BCUT2D eigenvalue weighted by atomic mass is 9.93. The summed E-state index contributed by atoms with van der Waals surface area (Å²) in [6, 6.07) is 17.6. The van der Waals surface area contributed by atoms with E-state index in [0.717, 1.165) is 43.9 Å². The van der Waals surface area contributed by atoms with Gasteiger partial charge in [-0.15, -0.1) is 0 Å². The molecule has 7 heteroatoms. The van der Waals surface area contributed by atoms with Gasteiger partial charge in [0, 0.05) is 28.8 Å². The van der Waals surface area contributed by atoms with E-state index in [2.05, 4.69) is 6.07 Å². The molecule has 0 fully saturated rings. The van der Waals surface area contributed by atoms with Gasteiger partial charge >= 0.3 is 0 Å². The maximum atomic E-state index is 13.6. The number of rotatable bonds is 4. The van der Waals surface area contributed by atoms with Gasteiger partial charge in [0.1, 0.15) is 5.75 Å². The lowest BCUT2D eigenvalue weighted by molar-refractivity contribution is 0.174. The minimum atomic E-state index is -0.150. The fraction of sp³-hybridized carbons (Fsp3) is 0.179. The van der Waals surface area contributed by atoms with Gasteiger partial charge in [0.2, 0.25) is 6.79 Å². The molecule has 4 aromatic carbocycles. The Bertz CT molecular complexity index is 1700. The Morgan fingerprint density at radius 3 is 2.26 bits per heavy atom. The maximum Gasteiger partial charge on any atom is 0.262 e. The molecule has 1 aliphatic heterocycles. The van der Waals surface area contributed by atoms with Crippen LogP contribution >= 0.6 is 0 Å². The van der Waals surface area contributed by atoms with Crippen LogP contribution in [0.25, 0.3) is 43.6 Å². The van der Waals surface area contributed by atoms with Gasteiger partial charge in [0.25, 0.3) is 5.56 Å². The molecule has 0 saturated heterocycles. The summed E-state index contributed by atoms with van der Waals surface area (Å²) in [6.45, 7) is 0.107. The van der Waals surface area contributed by atoms with Crippen LogP contribution in [0.4, 0.5) is 0 Å². The van der Waals surface area contributed by atoms with Gasteiger partial charge in [-0.3, -0.25) is 4.79 Å². The van der Waals surface area contributed by atoms with Gasteiger partial charge in [-0.2, -0.15) is 0 Å². The van der Waals surface area contributed by atoms with Crippen LogP contribution in [0.5, 0.6) is 28.7 Å². The molecular formula is C28H23NO6. The fourth-order valence-corrected chi connectivity index (χ4v) is 5.07. The van der Waals surface area contributed by atoms with Crippen LogP contribution < -0.4 is 29.2 Å². The Hall–Kier alpha value is -4.39. The van der Waals surface area contributed by atoms with Crippen molar-refractivity contribution in [2.75, 3.05) is 28.1 Å². The predicted molar refractivity (Wildman–Crippen MR) is 135 cm³/mol. The van der Waals surface area contributed by atoms with Crippen molar-refractivity contribution in [3.05, 3.63) is 65.0 Å². The Morgan fingerprint density at radius 1 is 0.800 bits per heavy atom. The maximum absolute atomic E-state index is 13.6. The van der Waals surface area contributed by atoms with Gasteiger partial charge < -0.3 is 28.3 Å². The largest absolute Gasteiger partial charge is 0.497 e. The van der Waals surface area contributed by atoms with Crippen LogP contribution in [0, 0.1) is 0 Å². The van der Waals surface area contributed by atoms with Crippen LogP contribution in [0.3, 0.4) is 0 Å². The molecule has 0 radical (unpaired) electrons. The van der Waals surface area contributed by atoms with Gasteiger partial charge in [0.15, 0.2) is 23.0 Å². The lowest BCUT2D eigenvalue weighted by Crippen LogP contribution is -2.18. The molecule has 0 N–H and O–H groups in total. The molecule has 0 spiro atoms. The molecule has 0 atom stereocenters. The monoisotopic (exact) mass is 469 g/mol. The Morgan fingerprint density at radius 2 is 1.54 bits per heavy atom. The zero-order chi connectivity index (χ0) is 24.3. The van der Waals surface area contributed by atoms with E-state index in [1.807, 2.05) is 48.5 Å². The minimum Gasteiger partial charge on any atom is -0.497 e. The van der Waals surface area contributed by atoms with Crippen molar-refractivity contribution in [3.63, 3.8) is 0 Å². The van der Waals surface area contributed by atoms with E-state index >= 15 is 0 Å². The molecule has 7 nitrogen and oxygen atoms in total. The first-order valence-electron chi connectivity index (χ1n) is 11.1. The molecule has 1 aliphatic rings. The number of hydrogen-bond acceptors (Lipinski definition) is 6. The SMILES string of the molecule is COc1ccc(-c2c(OC)c(OC)cc3c2ccc2c4ccc5c(c4c(=O)n(C)c32)OCO5)cc1. The quantitative estimate of drug-likeness (QED) is 0.334. The molecule has 2 heterocycles. The van der Waals surface area contributed by atoms with Crippen LogP contribution in [-0.2, 0) is 7.05 Å². The van der Waals surface area contributed by atoms with Gasteiger partial charge in [-0.1, -0.05) is 24.3 Å². The molecule has 35 heavy (non-hydrogen) atoms. The smallest absolute Gasteiger partial charge is 0.262 e. The van der Waals surface area contributed by atoms with E-state index in [1.165, 1.54) is 0 Å². The first kappa shape index (κ1) is 21.2. The molecule has 5 aromatic rings. The normalized spacial score (nSPS) is 12.5. The van der Waals surface area contributed by atoms with E-state index in [4.69, 9.17) is 23.7 Å². The Balaban J connectivity index is 1.78. The second-order valence-electron chi connectivity index (χ2n) is 8.36. The molecule has 0 unspecified atom stereocenters. The third-order valence-electron chi connectivity index (χ3n) is 6.70. The minimum absolute atomic E-state index is 0.107. The average molecular weight is 469 g/mol. The summed E-state index contributed by atoms with van der Waals surface area (Å²) >= 11 is 0. The molecule has 176 valence electrons. The fourth-order valence-electron chi connectivity index (χ4n) is 5.07. The zero-order valence-corrected chi connectivity index (χ0v) is 19.8.